The topological polar surface area (TPSA) is 20.3 Å². The van der Waals surface area contributed by atoms with E-state index >= 15 is 0 Å². The lowest BCUT2D eigenvalue weighted by Gasteiger charge is -2.29. The number of anilines is 1. The molecule has 1 aliphatic heterocycles. The molecular formula is C11H10BrF2NO. The summed E-state index contributed by atoms with van der Waals surface area (Å²) in [7, 11) is 0. The average Bonchev–Trinajstić information content (AvgIpc) is 2.26. The molecule has 1 heterocycles. The smallest absolute Gasteiger partial charge is 0.240 e. The molecule has 1 fully saturated rings. The van der Waals surface area contributed by atoms with Crippen molar-refractivity contribution in [3.05, 3.63) is 29.8 Å². The first-order chi connectivity index (χ1) is 7.59. The zero-order valence-corrected chi connectivity index (χ0v) is 10.0. The van der Waals surface area contributed by atoms with E-state index in [4.69, 9.17) is 0 Å². The van der Waals surface area contributed by atoms with Crippen molar-refractivity contribution in [2.75, 3.05) is 11.4 Å². The van der Waals surface area contributed by atoms with E-state index in [1.165, 1.54) is 11.0 Å². The molecule has 1 atom stereocenters. The number of hydrogen-bond acceptors (Lipinski definition) is 1. The number of piperidine rings is 1. The van der Waals surface area contributed by atoms with Crippen molar-refractivity contribution in [2.45, 2.75) is 17.7 Å². The number of benzene rings is 1. The molecule has 0 aromatic heterocycles. The number of amides is 1. The molecule has 0 spiro atoms. The number of rotatable bonds is 1. The van der Waals surface area contributed by atoms with Crippen molar-refractivity contribution >= 4 is 27.5 Å². The molecule has 1 amide bonds. The van der Waals surface area contributed by atoms with Gasteiger partial charge in [-0.3, -0.25) is 4.79 Å². The van der Waals surface area contributed by atoms with Crippen LogP contribution in [0.5, 0.6) is 0 Å². The molecule has 0 bridgehead atoms. The van der Waals surface area contributed by atoms with Crippen molar-refractivity contribution in [1.29, 1.82) is 0 Å². The van der Waals surface area contributed by atoms with Crippen LogP contribution in [0.25, 0.3) is 0 Å². The van der Waals surface area contributed by atoms with Gasteiger partial charge in [0.15, 0.2) is 11.6 Å². The monoisotopic (exact) mass is 289 g/mol. The van der Waals surface area contributed by atoms with E-state index in [2.05, 4.69) is 15.9 Å². The molecule has 1 saturated heterocycles. The lowest BCUT2D eigenvalue weighted by atomic mass is 10.1. The summed E-state index contributed by atoms with van der Waals surface area (Å²) in [4.78, 5) is 13.0. The predicted molar refractivity (Wildman–Crippen MR) is 60.7 cm³/mol. The molecule has 0 N–H and O–H groups in total. The van der Waals surface area contributed by atoms with Crippen LogP contribution in [0.15, 0.2) is 18.2 Å². The summed E-state index contributed by atoms with van der Waals surface area (Å²) in [5.74, 6) is -1.93. The first-order valence-corrected chi connectivity index (χ1v) is 5.91. The molecule has 16 heavy (non-hydrogen) atoms. The second kappa shape index (κ2) is 4.49. The quantitative estimate of drug-likeness (QED) is 0.728. The number of carbonyl (C=O) groups excluding carboxylic acids is 1. The van der Waals surface area contributed by atoms with Crippen LogP contribution in [0.1, 0.15) is 12.8 Å². The third-order valence-corrected chi connectivity index (χ3v) is 3.44. The van der Waals surface area contributed by atoms with Crippen LogP contribution in [0, 0.1) is 11.6 Å². The molecule has 2 nitrogen and oxygen atoms in total. The Balaban J connectivity index is 2.29. The highest BCUT2D eigenvalue weighted by molar-refractivity contribution is 9.10. The van der Waals surface area contributed by atoms with E-state index < -0.39 is 11.6 Å². The average molecular weight is 290 g/mol. The highest BCUT2D eigenvalue weighted by Gasteiger charge is 2.27. The van der Waals surface area contributed by atoms with Crippen LogP contribution in [-0.2, 0) is 4.79 Å². The van der Waals surface area contributed by atoms with Crippen molar-refractivity contribution in [3.63, 3.8) is 0 Å². The fourth-order valence-corrected chi connectivity index (χ4v) is 2.31. The molecule has 1 aliphatic rings. The molecule has 1 aromatic rings. The maximum absolute atomic E-state index is 13.0. The lowest BCUT2D eigenvalue weighted by Crippen LogP contribution is -2.41. The van der Waals surface area contributed by atoms with Gasteiger partial charge >= 0.3 is 0 Å². The molecule has 0 radical (unpaired) electrons. The fraction of sp³-hybridized carbons (Fsp3) is 0.364. The molecule has 5 heteroatoms. The molecular weight excluding hydrogens is 280 g/mol. The molecule has 1 aromatic carbocycles. The summed E-state index contributed by atoms with van der Waals surface area (Å²) in [5, 5.41) is 0. The Kier molecular flexibility index (Phi) is 3.23. The van der Waals surface area contributed by atoms with Crippen LogP contribution in [-0.4, -0.2) is 17.3 Å². The van der Waals surface area contributed by atoms with Crippen molar-refractivity contribution in [1.82, 2.24) is 0 Å². The van der Waals surface area contributed by atoms with Crippen LogP contribution in [0.3, 0.4) is 0 Å². The fourth-order valence-electron chi connectivity index (χ4n) is 1.74. The largest absolute Gasteiger partial charge is 0.311 e. The minimum atomic E-state index is -0.929. The van der Waals surface area contributed by atoms with Gasteiger partial charge in [0.25, 0.3) is 0 Å². The molecule has 0 aliphatic carbocycles. The van der Waals surface area contributed by atoms with E-state index in [1.807, 2.05) is 0 Å². The summed E-state index contributed by atoms with van der Waals surface area (Å²) in [6.45, 7) is 0.548. The Morgan fingerprint density at radius 1 is 1.31 bits per heavy atom. The van der Waals surface area contributed by atoms with Crippen LogP contribution >= 0.6 is 15.9 Å². The van der Waals surface area contributed by atoms with E-state index in [1.54, 1.807) is 0 Å². The third kappa shape index (κ3) is 2.09. The van der Waals surface area contributed by atoms with Crippen LogP contribution in [0.4, 0.5) is 14.5 Å². The van der Waals surface area contributed by atoms with Gasteiger partial charge in [0.05, 0.1) is 4.83 Å². The highest BCUT2D eigenvalue weighted by atomic mass is 79.9. The standard InChI is InChI=1S/C11H10BrF2NO/c12-8-2-1-5-15(11(8)16)7-3-4-9(13)10(14)6-7/h3-4,6,8H,1-2,5H2. The Morgan fingerprint density at radius 3 is 2.75 bits per heavy atom. The van der Waals surface area contributed by atoms with Gasteiger partial charge < -0.3 is 4.90 Å². The summed E-state index contributed by atoms with van der Waals surface area (Å²) in [6.07, 6.45) is 1.62. The molecule has 1 unspecified atom stereocenters. The van der Waals surface area contributed by atoms with Gasteiger partial charge in [-0.05, 0) is 25.0 Å². The normalized spacial score (nSPS) is 21.3. The second-order valence-corrected chi connectivity index (χ2v) is 4.80. The predicted octanol–water partition coefficient (Wildman–Crippen LogP) is 2.86. The number of nitrogens with zero attached hydrogens (tertiary/aromatic N) is 1. The Labute approximate surface area is 100 Å². The summed E-state index contributed by atoms with van der Waals surface area (Å²) < 4.78 is 25.8. The molecule has 2 rings (SSSR count). The molecule has 0 saturated carbocycles. The zero-order valence-electron chi connectivity index (χ0n) is 8.42. The maximum atomic E-state index is 13.0. The SMILES string of the molecule is O=C1C(Br)CCCN1c1ccc(F)c(F)c1. The number of alkyl halides is 1. The van der Waals surface area contributed by atoms with Gasteiger partial charge in [0.2, 0.25) is 5.91 Å². The number of hydrogen-bond donors (Lipinski definition) is 0. The molecule has 86 valence electrons. The first-order valence-electron chi connectivity index (χ1n) is 5.00. The lowest BCUT2D eigenvalue weighted by molar-refractivity contribution is -0.118. The van der Waals surface area contributed by atoms with E-state index in [9.17, 15) is 13.6 Å². The van der Waals surface area contributed by atoms with Gasteiger partial charge in [-0.15, -0.1) is 0 Å². The summed E-state index contributed by atoms with van der Waals surface area (Å²) >= 11 is 3.27. The maximum Gasteiger partial charge on any atom is 0.240 e. The first kappa shape index (κ1) is 11.5. The number of carbonyl (C=O) groups is 1. The zero-order chi connectivity index (χ0) is 11.7. The van der Waals surface area contributed by atoms with Crippen molar-refractivity contribution in [2.24, 2.45) is 0 Å². The van der Waals surface area contributed by atoms with Gasteiger partial charge in [-0.2, -0.15) is 0 Å². The van der Waals surface area contributed by atoms with E-state index in [-0.39, 0.29) is 10.7 Å². The van der Waals surface area contributed by atoms with Crippen molar-refractivity contribution in [3.8, 4) is 0 Å². The van der Waals surface area contributed by atoms with Gasteiger partial charge in [0, 0.05) is 18.3 Å². The van der Waals surface area contributed by atoms with Crippen LogP contribution < -0.4 is 4.90 Å². The minimum absolute atomic E-state index is 0.0998. The highest BCUT2D eigenvalue weighted by Crippen LogP contribution is 2.25. The van der Waals surface area contributed by atoms with Gasteiger partial charge in [0.1, 0.15) is 0 Å². The van der Waals surface area contributed by atoms with Crippen molar-refractivity contribution < 1.29 is 13.6 Å². The van der Waals surface area contributed by atoms with Crippen LogP contribution in [0.2, 0.25) is 0 Å². The minimum Gasteiger partial charge on any atom is -0.311 e. The Bertz CT molecular complexity index is 424. The Hall–Kier alpha value is -0.970. The van der Waals surface area contributed by atoms with E-state index in [0.29, 0.717) is 12.2 Å². The number of halogens is 3. The van der Waals surface area contributed by atoms with Gasteiger partial charge in [-0.25, -0.2) is 8.78 Å². The Morgan fingerprint density at radius 2 is 2.06 bits per heavy atom. The van der Waals surface area contributed by atoms with E-state index in [0.717, 1.165) is 25.0 Å². The van der Waals surface area contributed by atoms with Gasteiger partial charge in [-0.1, -0.05) is 15.9 Å². The summed E-state index contributed by atoms with van der Waals surface area (Å²) in [5.41, 5.74) is 0.410. The summed E-state index contributed by atoms with van der Waals surface area (Å²) in [6, 6.07) is 3.51. The third-order valence-electron chi connectivity index (χ3n) is 2.59. The second-order valence-electron chi connectivity index (χ2n) is 3.70.